The summed E-state index contributed by atoms with van der Waals surface area (Å²) in [7, 11) is 0. The van der Waals surface area contributed by atoms with E-state index < -0.39 is 5.97 Å². The van der Waals surface area contributed by atoms with Crippen LogP contribution >= 0.6 is 0 Å². The van der Waals surface area contributed by atoms with Crippen LogP contribution in [-0.2, 0) is 19.2 Å². The lowest BCUT2D eigenvalue weighted by Crippen LogP contribution is -2.12. The topological polar surface area (TPSA) is 85.2 Å². The van der Waals surface area contributed by atoms with Crippen molar-refractivity contribution in [3.05, 3.63) is 0 Å². The molecule has 0 saturated heterocycles. The Morgan fingerprint density at radius 1 is 1.33 bits per heavy atom. The smallest absolute Gasteiger partial charge is 0.306 e. The van der Waals surface area contributed by atoms with Gasteiger partial charge in [-0.3, -0.25) is 0 Å². The van der Waals surface area contributed by atoms with E-state index in [1.165, 1.54) is 6.08 Å². The predicted molar refractivity (Wildman–Crippen MR) is 50.2 cm³/mol. The van der Waals surface area contributed by atoms with Crippen LogP contribution in [0.3, 0.4) is 0 Å². The number of isocyanates is 2. The van der Waals surface area contributed by atoms with Gasteiger partial charge in [-0.2, -0.15) is 0 Å². The summed E-state index contributed by atoms with van der Waals surface area (Å²) < 4.78 is 0. The third-order valence-electron chi connectivity index (χ3n) is 1.80. The fraction of sp³-hybridized carbons (Fsp3) is 0.667. The van der Waals surface area contributed by atoms with Crippen LogP contribution in [-0.4, -0.2) is 24.7 Å². The highest BCUT2D eigenvalue weighted by atomic mass is 16.7. The summed E-state index contributed by atoms with van der Waals surface area (Å²) >= 11 is 0. The maximum Gasteiger partial charge on any atom is 0.338 e. The quantitative estimate of drug-likeness (QED) is 0.206. The number of nitrogens with zero attached hydrogens (tertiary/aromatic N) is 2. The fourth-order valence-corrected chi connectivity index (χ4v) is 0.958. The van der Waals surface area contributed by atoms with Crippen molar-refractivity contribution in [1.29, 1.82) is 0 Å². The van der Waals surface area contributed by atoms with Crippen molar-refractivity contribution in [3.63, 3.8) is 0 Å². The number of carbonyl (C=O) groups is 1. The Balaban J connectivity index is 3.63. The molecule has 6 heteroatoms. The van der Waals surface area contributed by atoms with E-state index >= 15 is 0 Å². The average molecular weight is 212 g/mol. The molecule has 0 fully saturated rings. The third kappa shape index (κ3) is 7.31. The average Bonchev–Trinajstić information content (AvgIpc) is 2.25. The zero-order chi connectivity index (χ0) is 11.5. The van der Waals surface area contributed by atoms with Crippen LogP contribution in [0.15, 0.2) is 10.1 Å². The monoisotopic (exact) mass is 212 g/mol. The highest BCUT2D eigenvalue weighted by molar-refractivity contribution is 5.71. The van der Waals surface area contributed by atoms with Gasteiger partial charge in [0.25, 0.3) is 6.08 Å². The minimum absolute atomic E-state index is 0.331. The fourth-order valence-electron chi connectivity index (χ4n) is 0.958. The zero-order valence-corrected chi connectivity index (χ0v) is 8.43. The van der Waals surface area contributed by atoms with Gasteiger partial charge in [-0.15, -0.1) is 0 Å². The molecule has 1 unspecified atom stereocenters. The third-order valence-corrected chi connectivity index (χ3v) is 1.80. The van der Waals surface area contributed by atoms with Crippen molar-refractivity contribution in [2.75, 3.05) is 6.54 Å². The molecule has 0 aliphatic rings. The molecule has 0 N–H and O–H groups in total. The maximum absolute atomic E-state index is 11.0. The van der Waals surface area contributed by atoms with Crippen molar-refractivity contribution < 1.29 is 19.2 Å². The Bertz CT molecular complexity index is 290. The molecule has 0 bridgehead atoms. The molecule has 15 heavy (non-hydrogen) atoms. The molecule has 0 aromatic rings. The largest absolute Gasteiger partial charge is 0.338 e. The minimum atomic E-state index is -0.558. The summed E-state index contributed by atoms with van der Waals surface area (Å²) in [5.74, 6) is -0.889. The Morgan fingerprint density at radius 3 is 2.67 bits per heavy atom. The van der Waals surface area contributed by atoms with Crippen molar-refractivity contribution in [3.8, 4) is 0 Å². The summed E-state index contributed by atoms with van der Waals surface area (Å²) in [6.07, 6.45) is 4.60. The molecule has 0 amide bonds. The van der Waals surface area contributed by atoms with Crippen molar-refractivity contribution in [1.82, 2.24) is 0 Å². The van der Waals surface area contributed by atoms with Gasteiger partial charge in [0, 0.05) is 5.16 Å². The lowest BCUT2D eigenvalue weighted by Gasteiger charge is -2.05. The number of rotatable bonds is 7. The molecule has 1 atom stereocenters. The molecular formula is C9H12N2O4. The number of carbonyl (C=O) groups excluding carboxylic acids is 3. The first-order chi connectivity index (χ1) is 7.22. The van der Waals surface area contributed by atoms with Crippen LogP contribution < -0.4 is 0 Å². The Labute approximate surface area is 87.0 Å². The molecule has 0 saturated carbocycles. The van der Waals surface area contributed by atoms with Crippen LogP contribution in [0, 0.1) is 5.92 Å². The van der Waals surface area contributed by atoms with Gasteiger partial charge in [-0.05, 0) is 12.8 Å². The highest BCUT2D eigenvalue weighted by Crippen LogP contribution is 2.09. The SMILES string of the molecule is CC(CCCCN=C=O)C(=O)ON=C=O. The molecule has 0 radical (unpaired) electrons. The minimum Gasteiger partial charge on any atom is -0.306 e. The van der Waals surface area contributed by atoms with E-state index in [4.69, 9.17) is 0 Å². The van der Waals surface area contributed by atoms with E-state index in [9.17, 15) is 14.4 Å². The molecule has 0 aromatic carbocycles. The van der Waals surface area contributed by atoms with Gasteiger partial charge in [0.15, 0.2) is 0 Å². The molecule has 0 rings (SSSR count). The van der Waals surface area contributed by atoms with Crippen molar-refractivity contribution >= 4 is 18.1 Å². The van der Waals surface area contributed by atoms with Crippen LogP contribution in [0.5, 0.6) is 0 Å². The van der Waals surface area contributed by atoms with E-state index in [1.807, 2.05) is 0 Å². The Kier molecular flexibility index (Phi) is 7.77. The summed E-state index contributed by atoms with van der Waals surface area (Å²) in [5, 5.41) is 2.73. The first kappa shape index (κ1) is 13.2. The first-order valence-electron chi connectivity index (χ1n) is 4.54. The highest BCUT2D eigenvalue weighted by Gasteiger charge is 2.13. The van der Waals surface area contributed by atoms with Crippen molar-refractivity contribution in [2.24, 2.45) is 16.1 Å². The second kappa shape index (κ2) is 8.81. The van der Waals surface area contributed by atoms with Crippen LogP contribution in [0.1, 0.15) is 26.2 Å². The van der Waals surface area contributed by atoms with Crippen LogP contribution in [0.2, 0.25) is 0 Å². The molecular weight excluding hydrogens is 200 g/mol. The van der Waals surface area contributed by atoms with Crippen LogP contribution in [0.25, 0.3) is 0 Å². The first-order valence-corrected chi connectivity index (χ1v) is 4.54. The zero-order valence-electron chi connectivity index (χ0n) is 8.43. The van der Waals surface area contributed by atoms with Crippen molar-refractivity contribution in [2.45, 2.75) is 26.2 Å². The lowest BCUT2D eigenvalue weighted by molar-refractivity contribution is -0.148. The Morgan fingerprint density at radius 2 is 2.07 bits per heavy atom. The van der Waals surface area contributed by atoms with E-state index in [1.54, 1.807) is 6.92 Å². The number of hydrogen-bond donors (Lipinski definition) is 0. The molecule has 82 valence electrons. The molecule has 0 aromatic heterocycles. The number of unbranched alkanes of at least 4 members (excludes halogenated alkanes) is 1. The summed E-state index contributed by atoms with van der Waals surface area (Å²) in [4.78, 5) is 38.0. The molecule has 0 heterocycles. The number of aliphatic imine (C=N–C) groups is 1. The van der Waals surface area contributed by atoms with E-state index in [0.29, 0.717) is 19.4 Å². The molecule has 6 nitrogen and oxygen atoms in total. The van der Waals surface area contributed by atoms with Gasteiger partial charge in [0.1, 0.15) is 0 Å². The second-order valence-corrected chi connectivity index (χ2v) is 2.96. The van der Waals surface area contributed by atoms with E-state index in [2.05, 4.69) is 15.0 Å². The second-order valence-electron chi connectivity index (χ2n) is 2.96. The summed E-state index contributed by atoms with van der Waals surface area (Å²) in [5.41, 5.74) is 0. The van der Waals surface area contributed by atoms with E-state index in [-0.39, 0.29) is 5.92 Å². The molecule has 0 aliphatic carbocycles. The standard InChI is InChI=1S/C9H12N2O4/c1-8(9(14)15-11-7-13)4-2-3-5-10-6-12/h8H,2-5H2,1H3. The van der Waals surface area contributed by atoms with Gasteiger partial charge in [0.2, 0.25) is 6.08 Å². The summed E-state index contributed by atoms with van der Waals surface area (Å²) in [6, 6.07) is 0. The van der Waals surface area contributed by atoms with Gasteiger partial charge in [-0.1, -0.05) is 13.3 Å². The van der Waals surface area contributed by atoms with Gasteiger partial charge >= 0.3 is 5.97 Å². The maximum atomic E-state index is 11.0. The number of hydrogen-bond acceptors (Lipinski definition) is 6. The van der Waals surface area contributed by atoms with Gasteiger partial charge in [0.05, 0.1) is 12.5 Å². The summed E-state index contributed by atoms with van der Waals surface area (Å²) in [6.45, 7) is 2.09. The predicted octanol–water partition coefficient (Wildman–Crippen LogP) is 0.923. The van der Waals surface area contributed by atoms with Gasteiger partial charge in [-0.25, -0.2) is 19.4 Å². The Hall–Kier alpha value is -1.77. The molecule has 0 spiro atoms. The van der Waals surface area contributed by atoms with Gasteiger partial charge < -0.3 is 4.84 Å². The molecule has 0 aliphatic heterocycles. The normalized spacial score (nSPS) is 10.7. The van der Waals surface area contributed by atoms with E-state index in [0.717, 1.165) is 12.5 Å². The van der Waals surface area contributed by atoms with Crippen LogP contribution in [0.4, 0.5) is 0 Å². The lowest BCUT2D eigenvalue weighted by atomic mass is 10.0.